The zero-order valence-corrected chi connectivity index (χ0v) is 16.6. The summed E-state index contributed by atoms with van der Waals surface area (Å²) in [5, 5.41) is 4.71. The van der Waals surface area contributed by atoms with Gasteiger partial charge in [-0.25, -0.2) is 14.1 Å². The van der Waals surface area contributed by atoms with Crippen LogP contribution in [0.2, 0.25) is 0 Å². The highest BCUT2D eigenvalue weighted by Crippen LogP contribution is 2.30. The molecule has 4 rings (SSSR count). The van der Waals surface area contributed by atoms with Crippen molar-refractivity contribution in [2.45, 2.75) is 26.8 Å². The molecule has 0 amide bonds. The van der Waals surface area contributed by atoms with Crippen molar-refractivity contribution in [1.82, 2.24) is 24.2 Å². The van der Waals surface area contributed by atoms with Crippen LogP contribution in [0.15, 0.2) is 36.8 Å². The number of rotatable bonds is 5. The number of hydrogen-bond acceptors (Lipinski definition) is 4. The van der Waals surface area contributed by atoms with Gasteiger partial charge in [-0.1, -0.05) is 0 Å². The average Bonchev–Trinajstić information content (AvgIpc) is 3.27. The molecule has 28 heavy (non-hydrogen) atoms. The van der Waals surface area contributed by atoms with Crippen LogP contribution in [0, 0.1) is 19.7 Å². The van der Waals surface area contributed by atoms with Crippen molar-refractivity contribution < 1.29 is 9.13 Å². The largest absolute Gasteiger partial charge is 0.379 e. The van der Waals surface area contributed by atoms with E-state index in [1.54, 1.807) is 12.1 Å². The van der Waals surface area contributed by atoms with Crippen LogP contribution < -0.4 is 0 Å². The molecule has 1 aromatic carbocycles. The zero-order chi connectivity index (χ0) is 19.7. The second kappa shape index (κ2) is 7.85. The summed E-state index contributed by atoms with van der Waals surface area (Å²) in [7, 11) is 0. The highest BCUT2D eigenvalue weighted by Gasteiger charge is 2.21. The summed E-state index contributed by atoms with van der Waals surface area (Å²) in [6, 6.07) is 6.69. The summed E-state index contributed by atoms with van der Waals surface area (Å²) in [6.45, 7) is 10.8. The molecule has 0 spiro atoms. The van der Waals surface area contributed by atoms with Crippen molar-refractivity contribution in [3.63, 3.8) is 0 Å². The first-order valence-corrected chi connectivity index (χ1v) is 9.69. The fourth-order valence-corrected chi connectivity index (χ4v) is 3.94. The van der Waals surface area contributed by atoms with Gasteiger partial charge in [-0.3, -0.25) is 4.90 Å². The minimum atomic E-state index is -0.250. The number of aryl methyl sites for hydroxylation is 1. The van der Waals surface area contributed by atoms with Gasteiger partial charge in [0.05, 0.1) is 48.5 Å². The van der Waals surface area contributed by atoms with Crippen LogP contribution in [0.1, 0.15) is 24.4 Å². The van der Waals surface area contributed by atoms with Crippen molar-refractivity contribution in [3.8, 4) is 16.9 Å². The van der Waals surface area contributed by atoms with Gasteiger partial charge in [-0.05, 0) is 45.0 Å². The summed E-state index contributed by atoms with van der Waals surface area (Å²) >= 11 is 0. The van der Waals surface area contributed by atoms with E-state index in [0.29, 0.717) is 0 Å². The van der Waals surface area contributed by atoms with Gasteiger partial charge in [0.25, 0.3) is 0 Å². The van der Waals surface area contributed by atoms with Gasteiger partial charge in [0.2, 0.25) is 0 Å². The van der Waals surface area contributed by atoms with Crippen molar-refractivity contribution in [2.24, 2.45) is 0 Å². The Balaban J connectivity index is 1.65. The van der Waals surface area contributed by atoms with Crippen molar-refractivity contribution in [2.75, 3.05) is 32.8 Å². The maximum Gasteiger partial charge on any atom is 0.123 e. The van der Waals surface area contributed by atoms with Crippen LogP contribution in [0.4, 0.5) is 4.39 Å². The molecule has 0 N–H and O–H groups in total. The van der Waals surface area contributed by atoms with E-state index in [4.69, 9.17) is 9.84 Å². The smallest absolute Gasteiger partial charge is 0.123 e. The lowest BCUT2D eigenvalue weighted by Crippen LogP contribution is -2.39. The molecule has 1 atom stereocenters. The monoisotopic (exact) mass is 383 g/mol. The summed E-state index contributed by atoms with van der Waals surface area (Å²) in [5.74, 6) is -0.250. The number of imidazole rings is 1. The Bertz CT molecular complexity index is 940. The van der Waals surface area contributed by atoms with Crippen molar-refractivity contribution in [3.05, 3.63) is 54.0 Å². The second-order valence-corrected chi connectivity index (χ2v) is 7.38. The van der Waals surface area contributed by atoms with Crippen LogP contribution in [0.5, 0.6) is 0 Å². The highest BCUT2D eigenvalue weighted by atomic mass is 19.1. The predicted octanol–water partition coefficient (Wildman–Crippen LogP) is 3.38. The van der Waals surface area contributed by atoms with Gasteiger partial charge in [0.1, 0.15) is 5.82 Å². The molecule has 148 valence electrons. The van der Waals surface area contributed by atoms with Crippen LogP contribution in [-0.4, -0.2) is 57.1 Å². The van der Waals surface area contributed by atoms with Crippen LogP contribution >= 0.6 is 0 Å². The number of morpholine rings is 1. The summed E-state index contributed by atoms with van der Waals surface area (Å²) in [6.07, 6.45) is 3.80. The Morgan fingerprint density at radius 1 is 1.14 bits per heavy atom. The van der Waals surface area contributed by atoms with Gasteiger partial charge in [-0.15, -0.1) is 0 Å². The van der Waals surface area contributed by atoms with E-state index >= 15 is 0 Å². The molecule has 3 aromatic rings. The Hall–Kier alpha value is -2.51. The third kappa shape index (κ3) is 3.59. The lowest BCUT2D eigenvalue weighted by Gasteiger charge is -2.30. The number of nitrogens with zero attached hydrogens (tertiary/aromatic N) is 5. The molecular formula is C21H26FN5O. The second-order valence-electron chi connectivity index (χ2n) is 7.38. The maximum absolute atomic E-state index is 13.3. The van der Waals surface area contributed by atoms with E-state index in [1.807, 2.05) is 31.1 Å². The minimum Gasteiger partial charge on any atom is -0.379 e. The topological polar surface area (TPSA) is 48.1 Å². The number of benzene rings is 1. The minimum absolute atomic E-state index is 0.250. The fourth-order valence-electron chi connectivity index (χ4n) is 3.94. The van der Waals surface area contributed by atoms with Gasteiger partial charge in [0.15, 0.2) is 0 Å². The lowest BCUT2D eigenvalue weighted by molar-refractivity contribution is 0.0326. The molecule has 1 saturated heterocycles. The standard InChI is InChI=1S/C21H26FN5O/c1-15(13-25-8-10-28-11-9-25)26-14-23-12-20(26)21-16(2)24-27(17(21)3)19-6-4-18(22)5-7-19/h4-7,12,14-15H,8-11,13H2,1-3H3/t15-/m0/s1. The Morgan fingerprint density at radius 3 is 2.57 bits per heavy atom. The van der Waals surface area contributed by atoms with E-state index in [9.17, 15) is 4.39 Å². The molecule has 0 bridgehead atoms. The third-order valence-electron chi connectivity index (χ3n) is 5.39. The molecule has 0 aliphatic carbocycles. The molecule has 0 unspecified atom stereocenters. The SMILES string of the molecule is Cc1nn(-c2ccc(F)cc2)c(C)c1-c1cncn1[C@@H](C)CN1CCOCC1. The number of hydrogen-bond donors (Lipinski definition) is 0. The third-order valence-corrected chi connectivity index (χ3v) is 5.39. The molecule has 0 saturated carbocycles. The normalized spacial score (nSPS) is 16.4. The molecule has 2 aromatic heterocycles. The molecule has 7 heteroatoms. The Labute approximate surface area is 164 Å². The van der Waals surface area contributed by atoms with Crippen molar-refractivity contribution in [1.29, 1.82) is 0 Å². The summed E-state index contributed by atoms with van der Waals surface area (Å²) in [4.78, 5) is 6.85. The Kier molecular flexibility index (Phi) is 5.28. The summed E-state index contributed by atoms with van der Waals surface area (Å²) in [5.41, 5.74) is 4.94. The quantitative estimate of drug-likeness (QED) is 0.678. The van der Waals surface area contributed by atoms with E-state index in [1.165, 1.54) is 12.1 Å². The van der Waals surface area contributed by atoms with Crippen LogP contribution in [-0.2, 0) is 4.74 Å². The van der Waals surface area contributed by atoms with Gasteiger partial charge >= 0.3 is 0 Å². The first-order valence-electron chi connectivity index (χ1n) is 9.69. The van der Waals surface area contributed by atoms with Crippen molar-refractivity contribution >= 4 is 0 Å². The molecule has 1 aliphatic rings. The van der Waals surface area contributed by atoms with Crippen LogP contribution in [0.3, 0.4) is 0 Å². The van der Waals surface area contributed by atoms with E-state index < -0.39 is 0 Å². The Morgan fingerprint density at radius 2 is 1.86 bits per heavy atom. The lowest BCUT2D eigenvalue weighted by atomic mass is 10.1. The highest BCUT2D eigenvalue weighted by molar-refractivity contribution is 5.66. The predicted molar refractivity (Wildman–Crippen MR) is 106 cm³/mol. The van der Waals surface area contributed by atoms with Gasteiger partial charge in [-0.2, -0.15) is 5.10 Å². The van der Waals surface area contributed by atoms with E-state index in [0.717, 1.165) is 61.2 Å². The van der Waals surface area contributed by atoms with Gasteiger partial charge < -0.3 is 9.30 Å². The molecule has 3 heterocycles. The molecule has 1 aliphatic heterocycles. The first-order chi connectivity index (χ1) is 13.5. The zero-order valence-electron chi connectivity index (χ0n) is 16.6. The molecular weight excluding hydrogens is 357 g/mol. The number of aromatic nitrogens is 4. The molecule has 1 fully saturated rings. The number of halogens is 1. The van der Waals surface area contributed by atoms with E-state index in [2.05, 4.69) is 21.4 Å². The van der Waals surface area contributed by atoms with E-state index in [-0.39, 0.29) is 11.9 Å². The number of ether oxygens (including phenoxy) is 1. The fraction of sp³-hybridized carbons (Fsp3) is 0.429. The van der Waals surface area contributed by atoms with Gasteiger partial charge in [0, 0.05) is 31.2 Å². The average molecular weight is 383 g/mol. The molecule has 6 nitrogen and oxygen atoms in total. The van der Waals surface area contributed by atoms with Crippen LogP contribution in [0.25, 0.3) is 16.9 Å². The maximum atomic E-state index is 13.3. The summed E-state index contributed by atoms with van der Waals surface area (Å²) < 4.78 is 22.8. The first kappa shape index (κ1) is 18.8. The molecule has 0 radical (unpaired) electrons.